The number of benzene rings is 2. The van der Waals surface area contributed by atoms with E-state index in [1.165, 1.54) is 0 Å². The molecule has 1 unspecified atom stereocenters. The third-order valence-electron chi connectivity index (χ3n) is 5.81. The van der Waals surface area contributed by atoms with E-state index in [0.29, 0.717) is 4.90 Å². The summed E-state index contributed by atoms with van der Waals surface area (Å²) in [5.74, 6) is -8.16. The standard InChI is InChI=1S/C25H21F4NO2/c1-25(2)12-18-21(19(31)13-25)15(9-8-14-6-4-3-5-7-14)10-20(32)30(18)24-22(28)16(26)11-17(27)23(24)29/h3-9,11,15H,10,12-13H2,1-2H3/b9-8+. The molecule has 0 fully saturated rings. The van der Waals surface area contributed by atoms with Gasteiger partial charge in [-0.3, -0.25) is 14.5 Å². The molecule has 2 aliphatic rings. The lowest BCUT2D eigenvalue weighted by Crippen LogP contribution is -2.44. The van der Waals surface area contributed by atoms with Crippen LogP contribution < -0.4 is 4.90 Å². The molecule has 1 heterocycles. The normalized spacial score (nSPS) is 20.8. The van der Waals surface area contributed by atoms with Gasteiger partial charge >= 0.3 is 0 Å². The molecular weight excluding hydrogens is 422 g/mol. The summed E-state index contributed by atoms with van der Waals surface area (Å²) in [4.78, 5) is 26.8. The summed E-state index contributed by atoms with van der Waals surface area (Å²) >= 11 is 0. The zero-order valence-corrected chi connectivity index (χ0v) is 17.6. The zero-order valence-electron chi connectivity index (χ0n) is 17.6. The van der Waals surface area contributed by atoms with Crippen LogP contribution in [0.1, 0.15) is 38.7 Å². The van der Waals surface area contributed by atoms with E-state index in [1.807, 2.05) is 30.3 Å². The minimum absolute atomic E-state index is 0.0908. The van der Waals surface area contributed by atoms with Gasteiger partial charge in [0.25, 0.3) is 0 Å². The van der Waals surface area contributed by atoms with Crippen LogP contribution in [0.25, 0.3) is 6.08 Å². The maximum atomic E-state index is 14.6. The van der Waals surface area contributed by atoms with E-state index in [0.717, 1.165) is 5.56 Å². The Balaban J connectivity index is 1.89. The highest BCUT2D eigenvalue weighted by Gasteiger charge is 2.45. The van der Waals surface area contributed by atoms with Crippen molar-refractivity contribution >= 4 is 23.5 Å². The van der Waals surface area contributed by atoms with Crippen LogP contribution in [0, 0.1) is 34.6 Å². The summed E-state index contributed by atoms with van der Waals surface area (Å²) < 4.78 is 57.1. The quantitative estimate of drug-likeness (QED) is 0.434. The molecule has 0 saturated carbocycles. The lowest BCUT2D eigenvalue weighted by Gasteiger charge is -2.42. The van der Waals surface area contributed by atoms with E-state index >= 15 is 0 Å². The highest BCUT2D eigenvalue weighted by molar-refractivity contribution is 6.07. The van der Waals surface area contributed by atoms with Gasteiger partial charge in [0.2, 0.25) is 5.91 Å². The molecule has 32 heavy (non-hydrogen) atoms. The number of ketones is 1. The predicted molar refractivity (Wildman–Crippen MR) is 112 cm³/mol. The lowest BCUT2D eigenvalue weighted by atomic mass is 9.70. The van der Waals surface area contributed by atoms with E-state index in [-0.39, 0.29) is 42.4 Å². The monoisotopic (exact) mass is 443 g/mol. The Labute approximate surface area is 183 Å². The first-order chi connectivity index (χ1) is 15.1. The molecule has 1 aliphatic heterocycles. The number of hydrogen-bond acceptors (Lipinski definition) is 2. The molecule has 1 atom stereocenters. The Kier molecular flexibility index (Phi) is 5.53. The summed E-state index contributed by atoms with van der Waals surface area (Å²) in [5, 5.41) is 0. The Morgan fingerprint density at radius 1 is 0.969 bits per heavy atom. The topological polar surface area (TPSA) is 37.4 Å². The Hall–Kier alpha value is -3.22. The van der Waals surface area contributed by atoms with Crippen LogP contribution in [-0.2, 0) is 9.59 Å². The van der Waals surface area contributed by atoms with Gasteiger partial charge in [-0.1, -0.05) is 56.3 Å². The van der Waals surface area contributed by atoms with E-state index < -0.39 is 46.2 Å². The summed E-state index contributed by atoms with van der Waals surface area (Å²) in [6.45, 7) is 3.58. The number of halogens is 4. The molecule has 0 radical (unpaired) electrons. The number of rotatable bonds is 3. The molecule has 1 amide bonds. The largest absolute Gasteiger partial charge is 0.294 e. The van der Waals surface area contributed by atoms with Gasteiger partial charge in [0.1, 0.15) is 5.69 Å². The molecule has 0 aromatic heterocycles. The van der Waals surface area contributed by atoms with Gasteiger partial charge in [0.05, 0.1) is 0 Å². The second-order valence-corrected chi connectivity index (χ2v) is 8.93. The number of carbonyl (C=O) groups is 2. The minimum Gasteiger partial charge on any atom is -0.294 e. The zero-order chi connectivity index (χ0) is 23.2. The molecule has 0 spiro atoms. The van der Waals surface area contributed by atoms with Crippen LogP contribution in [-0.4, -0.2) is 11.7 Å². The number of nitrogens with zero attached hydrogens (tertiary/aromatic N) is 1. The molecular formula is C25H21F4NO2. The molecule has 0 N–H and O–H groups in total. The van der Waals surface area contributed by atoms with Crippen molar-refractivity contribution in [2.75, 3.05) is 4.90 Å². The Morgan fingerprint density at radius 2 is 1.59 bits per heavy atom. The van der Waals surface area contributed by atoms with E-state index in [4.69, 9.17) is 0 Å². The predicted octanol–water partition coefficient (Wildman–Crippen LogP) is 5.95. The van der Waals surface area contributed by atoms with Gasteiger partial charge in [-0.2, -0.15) is 0 Å². The third kappa shape index (κ3) is 3.87. The molecule has 2 aromatic rings. The summed E-state index contributed by atoms with van der Waals surface area (Å²) in [5.41, 5.74) is -0.515. The van der Waals surface area contributed by atoms with Gasteiger partial charge in [-0.05, 0) is 17.4 Å². The molecule has 2 aromatic carbocycles. The number of Topliss-reactive ketones (excluding diaryl/α,β-unsaturated/α-hetero) is 1. The van der Waals surface area contributed by atoms with Crippen LogP contribution in [0.3, 0.4) is 0 Å². The molecule has 4 rings (SSSR count). The number of hydrogen-bond donors (Lipinski definition) is 0. The van der Waals surface area contributed by atoms with Gasteiger partial charge in [-0.25, -0.2) is 17.6 Å². The van der Waals surface area contributed by atoms with Crippen LogP contribution >= 0.6 is 0 Å². The molecule has 0 bridgehead atoms. The van der Waals surface area contributed by atoms with Crippen molar-refractivity contribution in [1.29, 1.82) is 0 Å². The Morgan fingerprint density at radius 3 is 2.22 bits per heavy atom. The van der Waals surface area contributed by atoms with E-state index in [1.54, 1.807) is 26.0 Å². The van der Waals surface area contributed by atoms with E-state index in [9.17, 15) is 27.2 Å². The average molecular weight is 443 g/mol. The van der Waals surface area contributed by atoms with Crippen molar-refractivity contribution in [3.05, 3.63) is 82.6 Å². The maximum absolute atomic E-state index is 14.6. The van der Waals surface area contributed by atoms with Gasteiger partial charge in [0, 0.05) is 36.1 Å². The third-order valence-corrected chi connectivity index (χ3v) is 5.81. The average Bonchev–Trinajstić information content (AvgIpc) is 2.72. The highest BCUT2D eigenvalue weighted by atomic mass is 19.2. The number of allylic oxidation sites excluding steroid dienone is 3. The van der Waals surface area contributed by atoms with Crippen LogP contribution in [0.4, 0.5) is 23.2 Å². The van der Waals surface area contributed by atoms with E-state index in [2.05, 4.69) is 0 Å². The fraction of sp³-hybridized carbons (Fsp3) is 0.280. The van der Waals surface area contributed by atoms with Crippen molar-refractivity contribution in [1.82, 2.24) is 0 Å². The molecule has 3 nitrogen and oxygen atoms in total. The summed E-state index contributed by atoms with van der Waals surface area (Å²) in [6, 6.07) is 9.35. The van der Waals surface area contributed by atoms with Crippen molar-refractivity contribution < 1.29 is 27.2 Å². The molecule has 166 valence electrons. The smallest absolute Gasteiger partial charge is 0.232 e. The second-order valence-electron chi connectivity index (χ2n) is 8.93. The Bertz CT molecular complexity index is 1140. The summed E-state index contributed by atoms with van der Waals surface area (Å²) in [7, 11) is 0. The molecule has 0 saturated heterocycles. The highest BCUT2D eigenvalue weighted by Crippen LogP contribution is 2.47. The SMILES string of the molecule is CC1(C)CC(=O)C2=C(C1)N(c1c(F)c(F)cc(F)c1F)C(=O)CC2/C=C/c1ccccc1. The van der Waals surface area contributed by atoms with Crippen molar-refractivity contribution in [3.63, 3.8) is 0 Å². The van der Waals surface area contributed by atoms with Crippen LogP contribution in [0.15, 0.2) is 53.7 Å². The first kappa shape index (κ1) is 22.0. The van der Waals surface area contributed by atoms with Crippen molar-refractivity contribution in [3.8, 4) is 0 Å². The lowest BCUT2D eigenvalue weighted by molar-refractivity contribution is -0.121. The fourth-order valence-corrected chi connectivity index (χ4v) is 4.43. The number of amides is 1. The maximum Gasteiger partial charge on any atom is 0.232 e. The van der Waals surface area contributed by atoms with Gasteiger partial charge in [-0.15, -0.1) is 0 Å². The van der Waals surface area contributed by atoms with Crippen LogP contribution in [0.2, 0.25) is 0 Å². The summed E-state index contributed by atoms with van der Waals surface area (Å²) in [6.07, 6.45) is 3.56. The number of anilines is 1. The molecule has 1 aliphatic carbocycles. The van der Waals surface area contributed by atoms with Crippen LogP contribution in [0.5, 0.6) is 0 Å². The number of carbonyl (C=O) groups excluding carboxylic acids is 2. The van der Waals surface area contributed by atoms with Gasteiger partial charge in [0.15, 0.2) is 29.1 Å². The molecule has 7 heteroatoms. The first-order valence-electron chi connectivity index (χ1n) is 10.2. The second kappa shape index (κ2) is 8.04. The van der Waals surface area contributed by atoms with Crippen molar-refractivity contribution in [2.24, 2.45) is 11.3 Å². The van der Waals surface area contributed by atoms with Crippen molar-refractivity contribution in [2.45, 2.75) is 33.1 Å². The minimum atomic E-state index is -1.67. The fourth-order valence-electron chi connectivity index (χ4n) is 4.43. The first-order valence-corrected chi connectivity index (χ1v) is 10.2. The van der Waals surface area contributed by atoms with Gasteiger partial charge < -0.3 is 0 Å².